The fraction of sp³-hybridized carbons (Fsp3) is 0.333. The van der Waals surface area contributed by atoms with Crippen LogP contribution in [-0.4, -0.2) is 62.3 Å². The topological polar surface area (TPSA) is 103 Å². The minimum absolute atomic E-state index is 0.0213. The lowest BCUT2D eigenvalue weighted by Crippen LogP contribution is -2.51. The van der Waals surface area contributed by atoms with Crippen molar-refractivity contribution in [1.82, 2.24) is 28.9 Å². The Morgan fingerprint density at radius 3 is 2.64 bits per heavy atom. The van der Waals surface area contributed by atoms with Crippen molar-refractivity contribution in [3.05, 3.63) is 95.1 Å². The third-order valence-corrected chi connectivity index (χ3v) is 10.2. The number of carbonyl (C=O) groups excluding carboxylic acids is 1. The molecule has 4 aromatic rings. The van der Waals surface area contributed by atoms with Gasteiger partial charge in [-0.25, -0.2) is 21.9 Å². The molecule has 0 saturated heterocycles. The van der Waals surface area contributed by atoms with Crippen LogP contribution in [0.2, 0.25) is 0 Å². The molecule has 2 atom stereocenters. The summed E-state index contributed by atoms with van der Waals surface area (Å²) < 4.78 is 59.2. The van der Waals surface area contributed by atoms with Gasteiger partial charge in [0, 0.05) is 32.0 Å². The molecule has 42 heavy (non-hydrogen) atoms. The second-order valence-electron chi connectivity index (χ2n) is 11.0. The summed E-state index contributed by atoms with van der Waals surface area (Å²) in [4.78, 5) is 18.8. The maximum absolute atomic E-state index is 14.5. The second-order valence-corrected chi connectivity index (χ2v) is 12.9. The van der Waals surface area contributed by atoms with Crippen LogP contribution in [0.15, 0.2) is 71.7 Å². The molecule has 12 heteroatoms. The van der Waals surface area contributed by atoms with E-state index in [1.807, 2.05) is 19.1 Å². The van der Waals surface area contributed by atoms with Gasteiger partial charge in [-0.05, 0) is 86.2 Å². The van der Waals surface area contributed by atoms with Crippen molar-refractivity contribution in [3.63, 3.8) is 0 Å². The third kappa shape index (κ3) is 4.78. The van der Waals surface area contributed by atoms with Crippen LogP contribution < -0.4 is 0 Å². The van der Waals surface area contributed by atoms with Crippen LogP contribution >= 0.6 is 0 Å². The predicted octanol–water partition coefficient (Wildman–Crippen LogP) is 4.47. The number of rotatable bonds is 8. The third-order valence-electron chi connectivity index (χ3n) is 8.29. The average molecular weight is 593 g/mol. The summed E-state index contributed by atoms with van der Waals surface area (Å²) in [7, 11) is -2.47. The van der Waals surface area contributed by atoms with Crippen molar-refractivity contribution in [2.75, 3.05) is 13.2 Å². The van der Waals surface area contributed by atoms with E-state index in [2.05, 4.69) is 15.2 Å². The van der Waals surface area contributed by atoms with Gasteiger partial charge in [-0.1, -0.05) is 5.57 Å². The first kappa shape index (κ1) is 28.1. The van der Waals surface area contributed by atoms with Crippen molar-refractivity contribution >= 4 is 21.9 Å². The van der Waals surface area contributed by atoms with Crippen LogP contribution in [0.4, 0.5) is 8.78 Å². The molecule has 2 aliphatic rings. The Balaban J connectivity index is 1.45. The zero-order valence-electron chi connectivity index (χ0n) is 23.2. The maximum Gasteiger partial charge on any atom is 0.246 e. The summed E-state index contributed by atoms with van der Waals surface area (Å²) in [6.45, 7) is 0.682. The number of aromatic nitrogens is 5. The lowest BCUT2D eigenvalue weighted by Gasteiger charge is -2.46. The van der Waals surface area contributed by atoms with Gasteiger partial charge in [-0.2, -0.15) is 14.5 Å². The Hall–Kier alpha value is -4.03. The lowest BCUT2D eigenvalue weighted by molar-refractivity contribution is 0.0734. The summed E-state index contributed by atoms with van der Waals surface area (Å²) in [5.74, 6) is -0.563. The molecule has 2 aliphatic carbocycles. The lowest BCUT2D eigenvalue weighted by atomic mass is 9.60. The monoisotopic (exact) mass is 592 g/mol. The SMILES string of the molecule is Cc1ccnc(C(=O)[C@]23Cc4cnn(-c5ccc(F)cc5)c4C=C2CC[C@H](N(CCF)S(=O)(=O)c2cnn(C)c2)C3)c1. The van der Waals surface area contributed by atoms with Gasteiger partial charge in [0.2, 0.25) is 10.0 Å². The number of hydrogen-bond acceptors (Lipinski definition) is 6. The normalized spacial score (nSPS) is 20.2. The highest BCUT2D eigenvalue weighted by Crippen LogP contribution is 2.51. The van der Waals surface area contributed by atoms with Gasteiger partial charge in [0.1, 0.15) is 23.1 Å². The number of aryl methyl sites for hydroxylation is 2. The smallest absolute Gasteiger partial charge is 0.246 e. The largest absolute Gasteiger partial charge is 0.291 e. The summed E-state index contributed by atoms with van der Waals surface area (Å²) in [5.41, 5.74) is 3.19. The van der Waals surface area contributed by atoms with Crippen molar-refractivity contribution < 1.29 is 22.0 Å². The number of allylic oxidation sites excluding steroid dienone is 1. The van der Waals surface area contributed by atoms with E-state index in [1.54, 1.807) is 42.3 Å². The molecule has 1 aromatic carbocycles. The van der Waals surface area contributed by atoms with Gasteiger partial charge in [-0.3, -0.25) is 14.5 Å². The van der Waals surface area contributed by atoms with Crippen LogP contribution in [-0.2, 0) is 23.5 Å². The number of carbonyl (C=O) groups is 1. The Morgan fingerprint density at radius 1 is 1.17 bits per heavy atom. The molecule has 3 aromatic heterocycles. The molecular weight excluding hydrogens is 562 g/mol. The molecule has 0 unspecified atom stereocenters. The summed E-state index contributed by atoms with van der Waals surface area (Å²) in [5, 5.41) is 8.55. The highest BCUT2D eigenvalue weighted by atomic mass is 32.2. The van der Waals surface area contributed by atoms with Crippen LogP contribution in [0.5, 0.6) is 0 Å². The zero-order chi connectivity index (χ0) is 29.6. The number of pyridine rings is 1. The molecule has 218 valence electrons. The maximum atomic E-state index is 14.5. The Morgan fingerprint density at radius 2 is 1.95 bits per heavy atom. The molecule has 1 fully saturated rings. The Bertz CT molecular complexity index is 1800. The number of hydrogen-bond donors (Lipinski definition) is 0. The number of sulfonamides is 1. The highest BCUT2D eigenvalue weighted by molar-refractivity contribution is 7.89. The van der Waals surface area contributed by atoms with E-state index in [4.69, 9.17) is 0 Å². The number of Topliss-reactive ketones (excluding diaryl/α,β-unsaturated/α-hetero) is 1. The van der Waals surface area contributed by atoms with Gasteiger partial charge in [0.15, 0.2) is 5.78 Å². The van der Waals surface area contributed by atoms with E-state index >= 15 is 0 Å². The van der Waals surface area contributed by atoms with E-state index < -0.39 is 28.2 Å². The fourth-order valence-corrected chi connectivity index (χ4v) is 7.89. The first-order valence-electron chi connectivity index (χ1n) is 13.7. The van der Waals surface area contributed by atoms with Crippen molar-refractivity contribution in [2.24, 2.45) is 12.5 Å². The standard InChI is InChI=1S/C30H30F2N6O3S/c1-20-9-11-33-27(13-20)29(39)30-15-21-17-35-38(24-7-4-23(32)5-8-24)28(21)14-22(30)3-6-25(16-30)37(12-10-31)42(40,41)26-18-34-36(2)19-26/h4-5,7-9,11,13-14,17-19,25H,3,6,10,12,15-16H2,1-2H3/t25-,30-/m0/s1. The first-order chi connectivity index (χ1) is 20.1. The van der Waals surface area contributed by atoms with E-state index in [9.17, 15) is 22.0 Å². The average Bonchev–Trinajstić information content (AvgIpc) is 3.60. The second kappa shape index (κ2) is 10.7. The number of fused-ring (bicyclic) bond motifs is 2. The number of benzene rings is 1. The van der Waals surface area contributed by atoms with Gasteiger partial charge < -0.3 is 0 Å². The number of ketones is 1. The highest BCUT2D eigenvalue weighted by Gasteiger charge is 2.51. The number of nitrogens with zero attached hydrogens (tertiary/aromatic N) is 6. The van der Waals surface area contributed by atoms with Gasteiger partial charge >= 0.3 is 0 Å². The van der Waals surface area contributed by atoms with Crippen molar-refractivity contribution in [2.45, 2.75) is 43.5 Å². The van der Waals surface area contributed by atoms with E-state index in [0.717, 1.165) is 22.4 Å². The number of alkyl halides is 1. The van der Waals surface area contributed by atoms with E-state index in [1.165, 1.54) is 33.5 Å². The minimum atomic E-state index is -4.08. The zero-order valence-corrected chi connectivity index (χ0v) is 24.1. The summed E-state index contributed by atoms with van der Waals surface area (Å²) >= 11 is 0. The summed E-state index contributed by atoms with van der Waals surface area (Å²) in [6.07, 6.45) is 9.14. The van der Waals surface area contributed by atoms with Crippen LogP contribution in [0.1, 0.15) is 46.6 Å². The Labute approximate surface area is 242 Å². The molecular formula is C30H30F2N6O3S. The molecule has 9 nitrogen and oxygen atoms in total. The molecule has 0 amide bonds. The molecule has 3 heterocycles. The summed E-state index contributed by atoms with van der Waals surface area (Å²) in [6, 6.07) is 8.92. The molecule has 0 bridgehead atoms. The molecule has 0 spiro atoms. The molecule has 0 N–H and O–H groups in total. The van der Waals surface area contributed by atoms with Crippen LogP contribution in [0, 0.1) is 18.2 Å². The minimum Gasteiger partial charge on any atom is -0.291 e. The van der Waals surface area contributed by atoms with Crippen LogP contribution in [0.3, 0.4) is 0 Å². The first-order valence-corrected chi connectivity index (χ1v) is 15.1. The fourth-order valence-electron chi connectivity index (χ4n) is 6.27. The predicted molar refractivity (Wildman–Crippen MR) is 152 cm³/mol. The van der Waals surface area contributed by atoms with Crippen molar-refractivity contribution in [3.8, 4) is 5.69 Å². The molecule has 0 aliphatic heterocycles. The number of halogens is 2. The van der Waals surface area contributed by atoms with Gasteiger partial charge in [0.05, 0.1) is 29.2 Å². The van der Waals surface area contributed by atoms with E-state index in [0.29, 0.717) is 24.2 Å². The van der Waals surface area contributed by atoms with Gasteiger partial charge in [-0.15, -0.1) is 0 Å². The van der Waals surface area contributed by atoms with Gasteiger partial charge in [0.25, 0.3) is 0 Å². The molecule has 0 radical (unpaired) electrons. The van der Waals surface area contributed by atoms with E-state index in [-0.39, 0.29) is 35.9 Å². The Kier molecular flexibility index (Phi) is 7.14. The molecule has 6 rings (SSSR count). The molecule has 1 saturated carbocycles. The quantitative estimate of drug-likeness (QED) is 0.280. The van der Waals surface area contributed by atoms with Crippen LogP contribution in [0.25, 0.3) is 11.8 Å². The van der Waals surface area contributed by atoms with Crippen molar-refractivity contribution in [1.29, 1.82) is 0 Å².